The van der Waals surface area contributed by atoms with Crippen LogP contribution in [-0.4, -0.2) is 43.7 Å². The van der Waals surface area contributed by atoms with Crippen LogP contribution in [0.25, 0.3) is 10.3 Å². The number of nitrogens with zero attached hydrogens (tertiary/aromatic N) is 3. The zero-order valence-corrected chi connectivity index (χ0v) is 12.6. The van der Waals surface area contributed by atoms with Crippen molar-refractivity contribution in [1.29, 1.82) is 0 Å². The second-order valence-corrected chi connectivity index (χ2v) is 6.39. The normalized spacial score (nSPS) is 26.2. The van der Waals surface area contributed by atoms with E-state index in [2.05, 4.69) is 20.3 Å². The second-order valence-electron chi connectivity index (χ2n) is 4.87. The maximum Gasteiger partial charge on any atom is 0.695 e. The Bertz CT molecular complexity index is 654. The first-order valence-electron chi connectivity index (χ1n) is 6.42. The third-order valence-corrected chi connectivity index (χ3v) is 4.75. The van der Waals surface area contributed by atoms with Gasteiger partial charge in [0.1, 0.15) is 22.8 Å². The van der Waals surface area contributed by atoms with E-state index < -0.39 is 14.4 Å². The van der Waals surface area contributed by atoms with Gasteiger partial charge in [-0.25, -0.2) is 15.0 Å². The van der Waals surface area contributed by atoms with Crippen molar-refractivity contribution < 1.29 is 19.1 Å². The van der Waals surface area contributed by atoms with Crippen molar-refractivity contribution in [1.82, 2.24) is 15.0 Å². The molecule has 2 heterocycles. The number of aliphatic hydroxyl groups excluding tert-OH is 1. The fourth-order valence-electron chi connectivity index (χ4n) is 2.63. The third-order valence-electron chi connectivity index (χ3n) is 3.57. The molecule has 1 aliphatic carbocycles. The van der Waals surface area contributed by atoms with Crippen LogP contribution < -0.4 is 5.32 Å². The number of fused-ring (bicyclic) bond motifs is 1. The van der Waals surface area contributed by atoms with E-state index >= 15 is 0 Å². The van der Waals surface area contributed by atoms with Crippen LogP contribution in [0.1, 0.15) is 12.8 Å². The Kier molecular flexibility index (Phi) is 4.37. The van der Waals surface area contributed by atoms with Gasteiger partial charge in [0.25, 0.3) is 0 Å². The smallest absolute Gasteiger partial charge is 0.396 e. The van der Waals surface area contributed by atoms with Crippen molar-refractivity contribution in [2.75, 3.05) is 11.9 Å². The van der Waals surface area contributed by atoms with Gasteiger partial charge in [-0.05, 0) is 12.8 Å². The van der Waals surface area contributed by atoms with Gasteiger partial charge in [-0.3, -0.25) is 0 Å². The van der Waals surface area contributed by atoms with Crippen LogP contribution in [0.4, 0.5) is 5.82 Å². The molecule has 1 aliphatic rings. The van der Waals surface area contributed by atoms with Crippen LogP contribution in [0.5, 0.6) is 0 Å². The number of aromatic nitrogens is 3. The molecule has 0 saturated heterocycles. The maximum absolute atomic E-state index is 10.8. The summed E-state index contributed by atoms with van der Waals surface area (Å²) in [6.45, 7) is -0.0814. The van der Waals surface area contributed by atoms with Crippen LogP contribution in [0.15, 0.2) is 11.8 Å². The molecule has 21 heavy (non-hydrogen) atoms. The molecule has 0 aliphatic heterocycles. The summed E-state index contributed by atoms with van der Waals surface area (Å²) < 4.78 is 15.8. The quantitative estimate of drug-likeness (QED) is 0.703. The molecule has 4 atom stereocenters. The zero-order valence-electron chi connectivity index (χ0n) is 10.9. The van der Waals surface area contributed by atoms with Crippen LogP contribution >= 0.6 is 19.6 Å². The molecule has 112 valence electrons. The molecule has 10 heteroatoms. The van der Waals surface area contributed by atoms with Crippen molar-refractivity contribution in [3.05, 3.63) is 11.8 Å². The number of hydrogen-bond acceptors (Lipinski definition) is 8. The van der Waals surface area contributed by atoms with Crippen molar-refractivity contribution in [2.45, 2.75) is 25.0 Å². The Hall–Kier alpha value is -1.25. The molecule has 1 saturated carbocycles. The lowest BCUT2D eigenvalue weighted by Gasteiger charge is -2.12. The second kappa shape index (κ2) is 6.25. The first-order valence-corrected chi connectivity index (χ1v) is 8.43. The minimum absolute atomic E-state index is 0.00176. The van der Waals surface area contributed by atoms with Gasteiger partial charge in [0, 0.05) is 23.1 Å². The van der Waals surface area contributed by atoms with Crippen LogP contribution in [0.2, 0.25) is 0 Å². The highest BCUT2D eigenvalue weighted by Crippen LogP contribution is 2.36. The number of aliphatic hydroxyl groups is 1. The Balaban J connectivity index is 1.74. The lowest BCUT2D eigenvalue weighted by molar-refractivity contribution is 0.106. The molecule has 2 aromatic heterocycles. The summed E-state index contributed by atoms with van der Waals surface area (Å²) in [6.07, 6.45) is 2.21. The molecule has 1 fully saturated rings. The van der Waals surface area contributed by atoms with E-state index in [1.165, 1.54) is 17.7 Å². The molecule has 0 amide bonds. The molecule has 3 rings (SSSR count). The molecule has 8 nitrogen and oxygen atoms in total. The van der Waals surface area contributed by atoms with Gasteiger partial charge in [-0.2, -0.15) is 0 Å². The monoisotopic (exact) mass is 329 g/mol. The summed E-state index contributed by atoms with van der Waals surface area (Å²) >= 11 is 1.43. The van der Waals surface area contributed by atoms with E-state index in [1.54, 1.807) is 5.51 Å². The summed E-state index contributed by atoms with van der Waals surface area (Å²) in [5.74, 6) is 0.471. The van der Waals surface area contributed by atoms with E-state index in [0.717, 1.165) is 4.83 Å². The Labute approximate surface area is 125 Å². The lowest BCUT2D eigenvalue weighted by Crippen LogP contribution is -2.18. The van der Waals surface area contributed by atoms with Gasteiger partial charge in [0.05, 0.1) is 5.51 Å². The van der Waals surface area contributed by atoms with Crippen LogP contribution in [0.3, 0.4) is 0 Å². The zero-order chi connectivity index (χ0) is 14.8. The standard InChI is InChI=1S/C11H13N4O4PS/c16-3-6-1-7(2-8(6)19-20(17)18)15-10-9-11(13-4-12-10)21-5-14-9/h4-8,16H,1-3H2,(H-,12,13,15,17,18)/p+1/t6-,7-,8?/m1/s1. The highest BCUT2D eigenvalue weighted by Gasteiger charge is 2.40. The Morgan fingerprint density at radius 1 is 1.43 bits per heavy atom. The average molecular weight is 329 g/mol. The first kappa shape index (κ1) is 14.7. The van der Waals surface area contributed by atoms with Crippen molar-refractivity contribution in [2.24, 2.45) is 5.92 Å². The molecular weight excluding hydrogens is 315 g/mol. The van der Waals surface area contributed by atoms with Gasteiger partial charge >= 0.3 is 8.25 Å². The average Bonchev–Trinajstić information content (AvgIpc) is 3.05. The number of anilines is 1. The molecule has 0 bridgehead atoms. The van der Waals surface area contributed by atoms with Gasteiger partial charge in [-0.1, -0.05) is 0 Å². The fourth-order valence-corrected chi connectivity index (χ4v) is 3.75. The molecule has 0 aromatic carbocycles. The predicted octanol–water partition coefficient (Wildman–Crippen LogP) is 1.30. The van der Waals surface area contributed by atoms with Crippen molar-refractivity contribution in [3.63, 3.8) is 0 Å². The predicted molar refractivity (Wildman–Crippen MR) is 77.1 cm³/mol. The van der Waals surface area contributed by atoms with E-state index in [9.17, 15) is 9.67 Å². The summed E-state index contributed by atoms with van der Waals surface area (Å²) in [6, 6.07) is 0.00176. The first-order chi connectivity index (χ1) is 10.2. The fraction of sp³-hybridized carbons (Fsp3) is 0.545. The molecule has 0 radical (unpaired) electrons. The van der Waals surface area contributed by atoms with Crippen LogP contribution in [0, 0.1) is 5.92 Å². The molecule has 2 aromatic rings. The maximum atomic E-state index is 10.8. The van der Waals surface area contributed by atoms with Gasteiger partial charge in [0.15, 0.2) is 5.82 Å². The summed E-state index contributed by atoms with van der Waals surface area (Å²) in [4.78, 5) is 22.2. The largest absolute Gasteiger partial charge is 0.695 e. The van der Waals surface area contributed by atoms with Gasteiger partial charge in [0.2, 0.25) is 0 Å². The van der Waals surface area contributed by atoms with E-state index in [0.29, 0.717) is 24.2 Å². The van der Waals surface area contributed by atoms with Crippen molar-refractivity contribution in [3.8, 4) is 0 Å². The molecular formula is C11H14N4O4PS+. The highest BCUT2D eigenvalue weighted by molar-refractivity contribution is 7.32. The SMILES string of the molecule is O=[P+](O)OC1C[C@H](Nc2ncnc3scnc23)C[C@@H]1CO. The summed E-state index contributed by atoms with van der Waals surface area (Å²) in [7, 11) is -2.67. The van der Waals surface area contributed by atoms with E-state index in [-0.39, 0.29) is 18.6 Å². The molecule has 2 unspecified atom stereocenters. The third kappa shape index (κ3) is 3.17. The van der Waals surface area contributed by atoms with Crippen LogP contribution in [-0.2, 0) is 9.09 Å². The van der Waals surface area contributed by atoms with Gasteiger partial charge < -0.3 is 10.4 Å². The number of thiazole rings is 1. The van der Waals surface area contributed by atoms with E-state index in [1.807, 2.05) is 0 Å². The Morgan fingerprint density at radius 3 is 3.05 bits per heavy atom. The van der Waals surface area contributed by atoms with Crippen molar-refractivity contribution >= 4 is 35.8 Å². The summed E-state index contributed by atoms with van der Waals surface area (Å²) in [5.41, 5.74) is 2.42. The van der Waals surface area contributed by atoms with Gasteiger partial charge in [-0.15, -0.1) is 20.8 Å². The number of hydrogen-bond donors (Lipinski definition) is 3. The summed E-state index contributed by atoms with van der Waals surface area (Å²) in [5, 5.41) is 12.6. The minimum atomic E-state index is -2.67. The van der Waals surface area contributed by atoms with E-state index in [4.69, 9.17) is 9.42 Å². The Morgan fingerprint density at radius 2 is 2.29 bits per heavy atom. The lowest BCUT2D eigenvalue weighted by atomic mass is 10.1. The minimum Gasteiger partial charge on any atom is -0.396 e. The number of rotatable bonds is 5. The molecule has 0 spiro atoms. The topological polar surface area (TPSA) is 117 Å². The molecule has 3 N–H and O–H groups in total. The number of nitrogens with one attached hydrogen (secondary N) is 1. The highest BCUT2D eigenvalue weighted by atomic mass is 32.1.